The van der Waals surface area contributed by atoms with Crippen LogP contribution in [0.15, 0.2) is 58.6 Å². The minimum absolute atomic E-state index is 0.00850. The zero-order valence-electron chi connectivity index (χ0n) is 16.5. The highest BCUT2D eigenvalue weighted by Gasteiger charge is 2.18. The van der Waals surface area contributed by atoms with Crippen LogP contribution in [0.3, 0.4) is 0 Å². The summed E-state index contributed by atoms with van der Waals surface area (Å²) in [6.45, 7) is 2.66. The first kappa shape index (κ1) is 21.3. The number of aryl methyl sites for hydroxylation is 1. The first-order valence-corrected chi connectivity index (χ1v) is 11.7. The van der Waals surface area contributed by atoms with Crippen LogP contribution < -0.4 is 10.6 Å². The minimum atomic E-state index is -0.140. The Bertz CT molecular complexity index is 888. The number of carbonyl (C=O) groups excluding carboxylic acids is 2. The molecule has 29 heavy (non-hydrogen) atoms. The monoisotopic (exact) mass is 426 g/mol. The lowest BCUT2D eigenvalue weighted by Gasteiger charge is -2.19. The van der Waals surface area contributed by atoms with E-state index in [1.807, 2.05) is 22.2 Å². The first-order valence-electron chi connectivity index (χ1n) is 9.89. The standard InChI is InChI=1S/C23H26N2O2S2/c1-2-5-17-8-10-18(11-9-17)22(20-6-4-14-29-20)25-21(26)7-3-13-24-23(27)19-12-15-28-16-19/h4,6,8-12,14-16,22H,2-3,5,7,13H2,1H3,(H,24,27)(H,25,26). The third kappa shape index (κ3) is 6.27. The van der Waals surface area contributed by atoms with E-state index in [9.17, 15) is 9.59 Å². The molecule has 0 fully saturated rings. The minimum Gasteiger partial charge on any atom is -0.352 e. The molecule has 0 aliphatic heterocycles. The number of thiophene rings is 2. The third-order valence-electron chi connectivity index (χ3n) is 4.63. The van der Waals surface area contributed by atoms with Crippen molar-refractivity contribution in [3.8, 4) is 0 Å². The van der Waals surface area contributed by atoms with Crippen LogP contribution >= 0.6 is 22.7 Å². The van der Waals surface area contributed by atoms with E-state index < -0.39 is 0 Å². The van der Waals surface area contributed by atoms with Gasteiger partial charge >= 0.3 is 0 Å². The fraction of sp³-hybridized carbons (Fsp3) is 0.304. The van der Waals surface area contributed by atoms with Crippen LogP contribution in [0, 0.1) is 0 Å². The van der Waals surface area contributed by atoms with Gasteiger partial charge in [0.2, 0.25) is 5.91 Å². The summed E-state index contributed by atoms with van der Waals surface area (Å²) < 4.78 is 0. The van der Waals surface area contributed by atoms with Gasteiger partial charge in [-0.3, -0.25) is 9.59 Å². The molecular formula is C23H26N2O2S2. The molecule has 2 heterocycles. The Morgan fingerprint density at radius 3 is 2.55 bits per heavy atom. The molecule has 152 valence electrons. The van der Waals surface area contributed by atoms with Gasteiger partial charge in [0.25, 0.3) is 5.91 Å². The summed E-state index contributed by atoms with van der Waals surface area (Å²) in [6, 6.07) is 14.2. The third-order valence-corrected chi connectivity index (χ3v) is 6.25. The van der Waals surface area contributed by atoms with Gasteiger partial charge in [-0.15, -0.1) is 11.3 Å². The molecule has 3 rings (SSSR count). The SMILES string of the molecule is CCCc1ccc(C(NC(=O)CCCNC(=O)c2ccsc2)c2cccs2)cc1. The van der Waals surface area contributed by atoms with E-state index in [1.165, 1.54) is 16.9 Å². The Labute approximate surface area is 180 Å². The molecule has 1 atom stereocenters. The molecule has 0 bridgehead atoms. The quantitative estimate of drug-likeness (QED) is 0.439. The Morgan fingerprint density at radius 2 is 1.90 bits per heavy atom. The lowest BCUT2D eigenvalue weighted by molar-refractivity contribution is -0.121. The molecule has 2 amide bonds. The topological polar surface area (TPSA) is 58.2 Å². The van der Waals surface area contributed by atoms with Crippen molar-refractivity contribution in [1.82, 2.24) is 10.6 Å². The van der Waals surface area contributed by atoms with Crippen LogP contribution in [0.4, 0.5) is 0 Å². The predicted octanol–water partition coefficient (Wildman–Crippen LogP) is 5.18. The van der Waals surface area contributed by atoms with E-state index in [1.54, 1.807) is 17.4 Å². The molecule has 0 saturated heterocycles. The molecule has 2 aromatic heterocycles. The number of rotatable bonds is 10. The molecule has 1 aromatic carbocycles. The van der Waals surface area contributed by atoms with Crippen LogP contribution in [0.5, 0.6) is 0 Å². The van der Waals surface area contributed by atoms with Gasteiger partial charge in [0.1, 0.15) is 0 Å². The molecule has 4 nitrogen and oxygen atoms in total. The van der Waals surface area contributed by atoms with Crippen molar-refractivity contribution in [1.29, 1.82) is 0 Å². The van der Waals surface area contributed by atoms with Crippen LogP contribution in [0.1, 0.15) is 58.6 Å². The van der Waals surface area contributed by atoms with Gasteiger partial charge in [0, 0.05) is 28.8 Å². The molecular weight excluding hydrogens is 400 g/mol. The molecule has 0 radical (unpaired) electrons. The Morgan fingerprint density at radius 1 is 1.07 bits per heavy atom. The second kappa shape index (κ2) is 10.9. The van der Waals surface area contributed by atoms with E-state index in [0.717, 1.165) is 23.3 Å². The predicted molar refractivity (Wildman–Crippen MR) is 121 cm³/mol. The van der Waals surface area contributed by atoms with Crippen molar-refractivity contribution in [2.45, 2.75) is 38.6 Å². The highest BCUT2D eigenvalue weighted by atomic mass is 32.1. The fourth-order valence-corrected chi connectivity index (χ4v) is 4.56. The molecule has 0 aliphatic rings. The summed E-state index contributed by atoms with van der Waals surface area (Å²) in [5.41, 5.74) is 3.07. The average Bonchev–Trinajstić information content (AvgIpc) is 3.44. The summed E-state index contributed by atoms with van der Waals surface area (Å²) in [5.74, 6) is -0.0962. The Hall–Kier alpha value is -2.44. The van der Waals surface area contributed by atoms with Gasteiger partial charge in [0.05, 0.1) is 6.04 Å². The molecule has 3 aromatic rings. The largest absolute Gasteiger partial charge is 0.352 e. The maximum absolute atomic E-state index is 12.5. The van der Waals surface area contributed by atoms with Crippen molar-refractivity contribution < 1.29 is 9.59 Å². The van der Waals surface area contributed by atoms with Crippen molar-refractivity contribution >= 4 is 34.5 Å². The van der Waals surface area contributed by atoms with Gasteiger partial charge in [-0.2, -0.15) is 11.3 Å². The molecule has 2 N–H and O–H groups in total. The van der Waals surface area contributed by atoms with E-state index >= 15 is 0 Å². The van der Waals surface area contributed by atoms with Gasteiger partial charge < -0.3 is 10.6 Å². The van der Waals surface area contributed by atoms with E-state index in [4.69, 9.17) is 0 Å². The zero-order valence-corrected chi connectivity index (χ0v) is 18.2. The molecule has 0 saturated carbocycles. The number of carbonyl (C=O) groups is 2. The van der Waals surface area contributed by atoms with Crippen LogP contribution in [-0.2, 0) is 11.2 Å². The van der Waals surface area contributed by atoms with Crippen LogP contribution in [0.25, 0.3) is 0 Å². The lowest BCUT2D eigenvalue weighted by Crippen LogP contribution is -2.30. The summed E-state index contributed by atoms with van der Waals surface area (Å²) >= 11 is 3.14. The first-order chi connectivity index (χ1) is 14.2. The number of benzene rings is 1. The van der Waals surface area contributed by atoms with Gasteiger partial charge in [-0.1, -0.05) is 43.7 Å². The van der Waals surface area contributed by atoms with Gasteiger partial charge in [-0.05, 0) is 46.9 Å². The number of hydrogen-bond donors (Lipinski definition) is 2. The highest BCUT2D eigenvalue weighted by molar-refractivity contribution is 7.10. The van der Waals surface area contributed by atoms with Crippen molar-refractivity contribution in [3.63, 3.8) is 0 Å². The fourth-order valence-electron chi connectivity index (χ4n) is 3.12. The number of hydrogen-bond acceptors (Lipinski definition) is 4. The van der Waals surface area contributed by atoms with Crippen LogP contribution in [0.2, 0.25) is 0 Å². The van der Waals surface area contributed by atoms with E-state index in [-0.39, 0.29) is 17.9 Å². The number of nitrogens with one attached hydrogen (secondary N) is 2. The summed E-state index contributed by atoms with van der Waals surface area (Å²) in [6.07, 6.45) is 3.16. The maximum Gasteiger partial charge on any atom is 0.252 e. The summed E-state index contributed by atoms with van der Waals surface area (Å²) in [7, 11) is 0. The molecule has 6 heteroatoms. The Kier molecular flexibility index (Phi) is 8.02. The summed E-state index contributed by atoms with van der Waals surface area (Å²) in [4.78, 5) is 25.6. The summed E-state index contributed by atoms with van der Waals surface area (Å²) in [5, 5.41) is 11.7. The molecule has 0 spiro atoms. The van der Waals surface area contributed by atoms with Gasteiger partial charge in [-0.25, -0.2) is 0 Å². The smallest absolute Gasteiger partial charge is 0.252 e. The number of amides is 2. The van der Waals surface area contributed by atoms with E-state index in [0.29, 0.717) is 24.9 Å². The van der Waals surface area contributed by atoms with E-state index in [2.05, 4.69) is 47.9 Å². The second-order valence-electron chi connectivity index (χ2n) is 6.88. The zero-order chi connectivity index (χ0) is 20.5. The lowest BCUT2D eigenvalue weighted by atomic mass is 10.0. The highest BCUT2D eigenvalue weighted by Crippen LogP contribution is 2.26. The van der Waals surface area contributed by atoms with Crippen molar-refractivity contribution in [2.24, 2.45) is 0 Å². The maximum atomic E-state index is 12.5. The van der Waals surface area contributed by atoms with Crippen molar-refractivity contribution in [3.05, 3.63) is 80.2 Å². The molecule has 0 aliphatic carbocycles. The molecule has 1 unspecified atom stereocenters. The second-order valence-corrected chi connectivity index (χ2v) is 8.64. The Balaban J connectivity index is 1.54. The van der Waals surface area contributed by atoms with Crippen LogP contribution in [-0.4, -0.2) is 18.4 Å². The average molecular weight is 427 g/mol. The van der Waals surface area contributed by atoms with Crippen molar-refractivity contribution in [2.75, 3.05) is 6.54 Å². The normalized spacial score (nSPS) is 11.8. The van der Waals surface area contributed by atoms with Gasteiger partial charge in [0.15, 0.2) is 0 Å².